The average Bonchev–Trinajstić information content (AvgIpc) is 2.33. The summed E-state index contributed by atoms with van der Waals surface area (Å²) in [6.07, 6.45) is -1.08. The first kappa shape index (κ1) is 13.0. The molecule has 1 unspecified atom stereocenters. The van der Waals surface area contributed by atoms with Gasteiger partial charge in [-0.1, -0.05) is 41.4 Å². The quantitative estimate of drug-likeness (QED) is 0.816. The van der Waals surface area contributed by atoms with Gasteiger partial charge in [-0.3, -0.25) is 0 Å². The average molecular weight is 269 g/mol. The zero-order chi connectivity index (χ0) is 13.3. The fraction of sp³-hybridized carbons (Fsp3) is 0.143. The van der Waals surface area contributed by atoms with Crippen LogP contribution >= 0.6 is 11.6 Å². The Morgan fingerprint density at radius 2 is 1.78 bits per heavy atom. The molecule has 0 spiro atoms. The van der Waals surface area contributed by atoms with Crippen LogP contribution in [0, 0.1) is 18.6 Å². The summed E-state index contributed by atoms with van der Waals surface area (Å²) in [5, 5.41) is 10.1. The minimum absolute atomic E-state index is 0.00269. The van der Waals surface area contributed by atoms with Crippen molar-refractivity contribution in [3.8, 4) is 0 Å². The predicted molar refractivity (Wildman–Crippen MR) is 66.6 cm³/mol. The van der Waals surface area contributed by atoms with Gasteiger partial charge in [0.15, 0.2) is 11.6 Å². The molecule has 2 aromatic rings. The van der Waals surface area contributed by atoms with Crippen molar-refractivity contribution < 1.29 is 13.9 Å². The highest BCUT2D eigenvalue weighted by Crippen LogP contribution is 2.30. The van der Waals surface area contributed by atoms with E-state index in [0.29, 0.717) is 5.56 Å². The summed E-state index contributed by atoms with van der Waals surface area (Å²) in [5.74, 6) is -2.05. The maximum absolute atomic E-state index is 13.2. The lowest BCUT2D eigenvalue weighted by molar-refractivity contribution is 0.219. The highest BCUT2D eigenvalue weighted by atomic mass is 35.5. The molecule has 0 fully saturated rings. The van der Waals surface area contributed by atoms with Crippen LogP contribution in [-0.2, 0) is 0 Å². The lowest BCUT2D eigenvalue weighted by atomic mass is 10.00. The zero-order valence-corrected chi connectivity index (χ0v) is 10.4. The molecule has 0 heterocycles. The molecule has 4 heteroatoms. The molecule has 0 aliphatic heterocycles. The van der Waals surface area contributed by atoms with Gasteiger partial charge in [-0.25, -0.2) is 8.78 Å². The van der Waals surface area contributed by atoms with Crippen molar-refractivity contribution in [2.45, 2.75) is 13.0 Å². The van der Waals surface area contributed by atoms with Crippen LogP contribution < -0.4 is 0 Å². The lowest BCUT2D eigenvalue weighted by Crippen LogP contribution is -2.02. The summed E-state index contributed by atoms with van der Waals surface area (Å²) in [5.41, 5.74) is 1.70. The number of benzene rings is 2. The molecule has 1 N–H and O–H groups in total. The summed E-state index contributed by atoms with van der Waals surface area (Å²) in [6.45, 7) is 1.88. The maximum atomic E-state index is 13.2. The number of aliphatic hydroxyl groups is 1. The molecule has 0 radical (unpaired) electrons. The highest BCUT2D eigenvalue weighted by Gasteiger charge is 2.17. The first-order chi connectivity index (χ1) is 8.49. The second-order valence-electron chi connectivity index (χ2n) is 4.10. The van der Waals surface area contributed by atoms with Crippen LogP contribution in [0.25, 0.3) is 0 Å². The Morgan fingerprint density at radius 1 is 1.11 bits per heavy atom. The van der Waals surface area contributed by atoms with E-state index in [-0.39, 0.29) is 10.6 Å². The van der Waals surface area contributed by atoms with E-state index < -0.39 is 17.7 Å². The second-order valence-corrected chi connectivity index (χ2v) is 4.51. The fourth-order valence-electron chi connectivity index (χ4n) is 1.77. The van der Waals surface area contributed by atoms with Crippen molar-refractivity contribution in [2.75, 3.05) is 0 Å². The van der Waals surface area contributed by atoms with Gasteiger partial charge in [-0.2, -0.15) is 0 Å². The first-order valence-electron chi connectivity index (χ1n) is 5.38. The molecule has 2 aromatic carbocycles. The Kier molecular flexibility index (Phi) is 3.64. The Hall–Kier alpha value is -1.45. The molecule has 0 saturated heterocycles. The van der Waals surface area contributed by atoms with E-state index in [1.807, 2.05) is 13.0 Å². The number of halogens is 3. The minimum atomic E-state index is -1.08. The van der Waals surface area contributed by atoms with Gasteiger partial charge in [0.1, 0.15) is 6.10 Å². The van der Waals surface area contributed by atoms with Crippen LogP contribution in [0.3, 0.4) is 0 Å². The Balaban J connectivity index is 2.46. The Labute approximate surface area is 109 Å². The Bertz CT molecular complexity index is 584. The van der Waals surface area contributed by atoms with Crippen LogP contribution in [-0.4, -0.2) is 5.11 Å². The van der Waals surface area contributed by atoms with Gasteiger partial charge in [-0.05, 0) is 24.6 Å². The number of hydrogen-bond donors (Lipinski definition) is 1. The number of aryl methyl sites for hydroxylation is 1. The molecule has 18 heavy (non-hydrogen) atoms. The van der Waals surface area contributed by atoms with E-state index in [1.54, 1.807) is 18.2 Å². The topological polar surface area (TPSA) is 20.2 Å². The monoisotopic (exact) mass is 268 g/mol. The van der Waals surface area contributed by atoms with Crippen molar-refractivity contribution in [1.29, 1.82) is 0 Å². The molecule has 0 aliphatic carbocycles. The third-order valence-electron chi connectivity index (χ3n) is 2.69. The number of aliphatic hydroxyl groups excluding tert-OH is 1. The van der Waals surface area contributed by atoms with Gasteiger partial charge in [-0.15, -0.1) is 0 Å². The van der Waals surface area contributed by atoms with Gasteiger partial charge < -0.3 is 5.11 Å². The molecule has 1 atom stereocenters. The van der Waals surface area contributed by atoms with Crippen molar-refractivity contribution >= 4 is 11.6 Å². The van der Waals surface area contributed by atoms with Crippen molar-refractivity contribution in [3.63, 3.8) is 0 Å². The normalized spacial score (nSPS) is 12.5. The van der Waals surface area contributed by atoms with Crippen molar-refractivity contribution in [1.82, 2.24) is 0 Å². The van der Waals surface area contributed by atoms with E-state index >= 15 is 0 Å². The first-order valence-corrected chi connectivity index (χ1v) is 5.76. The summed E-state index contributed by atoms with van der Waals surface area (Å²) >= 11 is 5.82. The highest BCUT2D eigenvalue weighted by molar-refractivity contribution is 6.31. The molecule has 0 aromatic heterocycles. The van der Waals surface area contributed by atoms with Crippen LogP contribution in [0.1, 0.15) is 22.8 Å². The van der Waals surface area contributed by atoms with E-state index in [1.165, 1.54) is 0 Å². The smallest absolute Gasteiger partial charge is 0.160 e. The maximum Gasteiger partial charge on any atom is 0.160 e. The molecular weight excluding hydrogens is 258 g/mol. The molecule has 0 amide bonds. The van der Waals surface area contributed by atoms with E-state index in [4.69, 9.17) is 11.6 Å². The molecule has 1 nitrogen and oxygen atoms in total. The second kappa shape index (κ2) is 5.04. The molecule has 94 valence electrons. The van der Waals surface area contributed by atoms with Gasteiger partial charge in [0.2, 0.25) is 0 Å². The third kappa shape index (κ3) is 2.52. The molecule has 2 rings (SSSR count). The van der Waals surface area contributed by atoms with Crippen molar-refractivity contribution in [3.05, 3.63) is 69.7 Å². The summed E-state index contributed by atoms with van der Waals surface area (Å²) in [4.78, 5) is 0. The molecule has 0 aliphatic rings. The largest absolute Gasteiger partial charge is 0.384 e. The van der Waals surface area contributed by atoms with Crippen LogP contribution in [0.15, 0.2) is 36.4 Å². The van der Waals surface area contributed by atoms with Crippen molar-refractivity contribution in [2.24, 2.45) is 0 Å². The lowest BCUT2D eigenvalue weighted by Gasteiger charge is -2.14. The fourth-order valence-corrected chi connectivity index (χ4v) is 2.02. The summed E-state index contributed by atoms with van der Waals surface area (Å²) < 4.78 is 26.1. The zero-order valence-electron chi connectivity index (χ0n) is 9.62. The van der Waals surface area contributed by atoms with Crippen LogP contribution in [0.2, 0.25) is 5.02 Å². The standard InChI is InChI=1S/C14H11ClF2O/c1-8-3-2-4-9(5-8)14(18)10-6-12(16)13(17)7-11(10)15/h2-7,14,18H,1H3. The summed E-state index contributed by atoms with van der Waals surface area (Å²) in [7, 11) is 0. The molecular formula is C14H11ClF2O. The minimum Gasteiger partial charge on any atom is -0.384 e. The SMILES string of the molecule is Cc1cccc(C(O)c2cc(F)c(F)cc2Cl)c1. The molecule has 0 saturated carbocycles. The number of hydrogen-bond acceptors (Lipinski definition) is 1. The Morgan fingerprint density at radius 3 is 2.44 bits per heavy atom. The number of rotatable bonds is 2. The van der Waals surface area contributed by atoms with E-state index in [0.717, 1.165) is 17.7 Å². The van der Waals surface area contributed by atoms with Crippen LogP contribution in [0.4, 0.5) is 8.78 Å². The summed E-state index contributed by atoms with van der Waals surface area (Å²) in [6, 6.07) is 8.91. The van der Waals surface area contributed by atoms with Gasteiger partial charge in [0.05, 0.1) is 0 Å². The van der Waals surface area contributed by atoms with Gasteiger partial charge >= 0.3 is 0 Å². The van der Waals surface area contributed by atoms with E-state index in [9.17, 15) is 13.9 Å². The van der Waals surface area contributed by atoms with Gasteiger partial charge in [0.25, 0.3) is 0 Å². The predicted octanol–water partition coefficient (Wildman–Crippen LogP) is 4.01. The van der Waals surface area contributed by atoms with Gasteiger partial charge in [0, 0.05) is 10.6 Å². The molecule has 0 bridgehead atoms. The van der Waals surface area contributed by atoms with E-state index in [2.05, 4.69) is 0 Å². The third-order valence-corrected chi connectivity index (χ3v) is 3.02. The van der Waals surface area contributed by atoms with Crippen LogP contribution in [0.5, 0.6) is 0 Å².